The molecule has 0 aliphatic heterocycles. The maximum Gasteiger partial charge on any atom is 0.330 e. The second-order valence-electron chi connectivity index (χ2n) is 12.2. The molecule has 0 fully saturated rings. The molecule has 2 unspecified atom stereocenters. The highest BCUT2D eigenvalue weighted by Gasteiger charge is 2.13. The van der Waals surface area contributed by atoms with Crippen LogP contribution in [-0.2, 0) is 20.4 Å². The lowest BCUT2D eigenvalue weighted by Crippen LogP contribution is -2.37. The highest BCUT2D eigenvalue weighted by molar-refractivity contribution is 7.40. The van der Waals surface area contributed by atoms with Crippen LogP contribution in [0.5, 0.6) is 0 Å². The van der Waals surface area contributed by atoms with Gasteiger partial charge in [-0.05, 0) is 24.8 Å². The first-order chi connectivity index (χ1) is 18.9. The Balaban J connectivity index is 2.12. The van der Waals surface area contributed by atoms with E-state index in [1.54, 1.807) is 0 Å². The molecule has 0 saturated heterocycles. The molecule has 0 aromatic heterocycles. The van der Waals surface area contributed by atoms with Crippen molar-refractivity contribution in [1.29, 1.82) is 0 Å². The third kappa shape index (κ3) is 24.9. The first-order valence-corrected chi connectivity index (χ1v) is 17.2. The molecule has 0 aliphatic carbocycles. The number of benzene rings is 1. The van der Waals surface area contributed by atoms with Crippen molar-refractivity contribution in [3.8, 4) is 0 Å². The fraction of sp³-hybridized carbons (Fsp3) is 0.818. The summed E-state index contributed by atoms with van der Waals surface area (Å²) in [6.07, 6.45) is 24.0. The third-order valence-electron chi connectivity index (χ3n) is 7.29. The molecular formula is C33H63NO4P+. The lowest BCUT2D eigenvalue weighted by molar-refractivity contribution is -0.870. The van der Waals surface area contributed by atoms with Crippen molar-refractivity contribution in [2.24, 2.45) is 0 Å². The highest BCUT2D eigenvalue weighted by atomic mass is 31.2. The van der Waals surface area contributed by atoms with Crippen LogP contribution in [0, 0.1) is 0 Å². The number of rotatable bonds is 28. The molecule has 0 bridgehead atoms. The van der Waals surface area contributed by atoms with E-state index < -0.39 is 8.60 Å². The Labute approximate surface area is 243 Å². The van der Waals surface area contributed by atoms with E-state index in [2.05, 4.69) is 52.3 Å². The minimum absolute atomic E-state index is 0.236. The molecular weight excluding hydrogens is 505 g/mol. The van der Waals surface area contributed by atoms with Crippen LogP contribution in [0.4, 0.5) is 0 Å². The van der Waals surface area contributed by atoms with Crippen LogP contribution >= 0.6 is 8.60 Å². The number of unbranched alkanes of at least 4 members (excludes halogenated alkanes) is 14. The van der Waals surface area contributed by atoms with Gasteiger partial charge in [-0.3, -0.25) is 0 Å². The van der Waals surface area contributed by atoms with Gasteiger partial charge in [-0.1, -0.05) is 134 Å². The molecule has 1 aromatic carbocycles. The minimum Gasteiger partial charge on any atom is -0.374 e. The lowest BCUT2D eigenvalue weighted by Gasteiger charge is -2.24. The molecule has 0 amide bonds. The number of quaternary nitrogens is 1. The zero-order valence-corrected chi connectivity index (χ0v) is 27.0. The van der Waals surface area contributed by atoms with E-state index in [0.29, 0.717) is 19.8 Å². The van der Waals surface area contributed by atoms with Gasteiger partial charge in [0.25, 0.3) is 0 Å². The molecule has 6 heteroatoms. The number of likely N-dealkylation sites (N-methyl/N-ethyl adjacent to an activating group) is 1. The second-order valence-corrected chi connectivity index (χ2v) is 13.2. The predicted molar refractivity (Wildman–Crippen MR) is 168 cm³/mol. The second kappa shape index (κ2) is 25.2. The summed E-state index contributed by atoms with van der Waals surface area (Å²) in [5.74, 6) is 0. The number of nitrogens with zero attached hydrogens (tertiary/aromatic N) is 1. The van der Waals surface area contributed by atoms with Gasteiger partial charge in [-0.25, -0.2) is 0 Å². The van der Waals surface area contributed by atoms with Gasteiger partial charge in [0.1, 0.15) is 13.2 Å². The van der Waals surface area contributed by atoms with Gasteiger partial charge in [0.2, 0.25) is 0 Å². The van der Waals surface area contributed by atoms with Crippen LogP contribution in [0.1, 0.15) is 128 Å². The highest BCUT2D eigenvalue weighted by Crippen LogP contribution is 2.33. The van der Waals surface area contributed by atoms with E-state index >= 15 is 0 Å². The molecule has 0 heterocycles. The normalized spacial score (nSPS) is 13.6. The van der Waals surface area contributed by atoms with Gasteiger partial charge in [0.15, 0.2) is 0 Å². The average Bonchev–Trinajstić information content (AvgIpc) is 2.91. The van der Waals surface area contributed by atoms with Crippen molar-refractivity contribution in [2.75, 3.05) is 40.9 Å². The van der Waals surface area contributed by atoms with Crippen molar-refractivity contribution in [1.82, 2.24) is 0 Å². The topological polar surface area (TPSA) is 47.9 Å². The zero-order chi connectivity index (χ0) is 28.4. The Morgan fingerprint density at radius 2 is 1.15 bits per heavy atom. The van der Waals surface area contributed by atoms with Gasteiger partial charge < -0.3 is 23.2 Å². The number of ether oxygens (including phenoxy) is 1. The maximum absolute atomic E-state index is 10.00. The molecule has 1 rings (SSSR count). The van der Waals surface area contributed by atoms with Gasteiger partial charge >= 0.3 is 8.60 Å². The Kier molecular flexibility index (Phi) is 23.6. The summed E-state index contributed by atoms with van der Waals surface area (Å²) in [5.41, 5.74) is 1.22. The summed E-state index contributed by atoms with van der Waals surface area (Å²) in [6, 6.07) is 10.4. The first kappa shape index (κ1) is 36.5. The summed E-state index contributed by atoms with van der Waals surface area (Å²) in [4.78, 5) is 10.00. The van der Waals surface area contributed by atoms with Crippen molar-refractivity contribution in [2.45, 2.75) is 135 Å². The van der Waals surface area contributed by atoms with Gasteiger partial charge in [0, 0.05) is 0 Å². The SMILES string of the molecule is CCCCCCCCCCCCCCCCCC(CCCOP(O)OCC[N+](C)(C)C)OCc1ccccc1. The molecule has 0 aliphatic rings. The summed E-state index contributed by atoms with van der Waals surface area (Å²) in [6.45, 7) is 4.81. The van der Waals surface area contributed by atoms with E-state index in [4.69, 9.17) is 13.8 Å². The van der Waals surface area contributed by atoms with Gasteiger partial charge in [-0.15, -0.1) is 0 Å². The maximum atomic E-state index is 10.00. The Hall–Kier alpha value is -0.550. The minimum atomic E-state index is -1.79. The van der Waals surface area contributed by atoms with E-state index in [9.17, 15) is 4.89 Å². The Bertz CT molecular complexity index is 640. The molecule has 0 saturated carbocycles. The first-order valence-electron chi connectivity index (χ1n) is 16.1. The monoisotopic (exact) mass is 568 g/mol. The molecule has 2 atom stereocenters. The molecule has 228 valence electrons. The third-order valence-corrected chi connectivity index (χ3v) is 8.10. The van der Waals surface area contributed by atoms with E-state index in [-0.39, 0.29) is 6.10 Å². The van der Waals surface area contributed by atoms with Crippen LogP contribution in [0.3, 0.4) is 0 Å². The Morgan fingerprint density at radius 3 is 1.69 bits per heavy atom. The Morgan fingerprint density at radius 1 is 0.667 bits per heavy atom. The van der Waals surface area contributed by atoms with Crippen LogP contribution < -0.4 is 0 Å². The molecule has 0 spiro atoms. The number of hydrogen-bond donors (Lipinski definition) is 1. The van der Waals surface area contributed by atoms with Crippen LogP contribution in [-0.4, -0.2) is 56.4 Å². The number of hydrogen-bond acceptors (Lipinski definition) is 4. The molecule has 1 aromatic rings. The van der Waals surface area contributed by atoms with Crippen LogP contribution in [0.2, 0.25) is 0 Å². The lowest BCUT2D eigenvalue weighted by atomic mass is 10.0. The zero-order valence-electron chi connectivity index (χ0n) is 26.1. The van der Waals surface area contributed by atoms with E-state index in [1.165, 1.54) is 102 Å². The van der Waals surface area contributed by atoms with Crippen molar-refractivity contribution >= 4 is 8.60 Å². The smallest absolute Gasteiger partial charge is 0.330 e. The standard InChI is InChI=1S/C33H63NO4P/c1-5-6-7-8-9-10-11-12-13-14-15-16-17-18-22-26-33(36-31-32-24-20-19-21-25-32)27-23-29-37-39(35)38-30-28-34(2,3)4/h19-21,24-25,33,35H,5-18,22-23,26-31H2,1-4H3/q+1. The van der Waals surface area contributed by atoms with Gasteiger partial charge in [0.05, 0.1) is 40.5 Å². The average molecular weight is 569 g/mol. The van der Waals surface area contributed by atoms with Crippen LogP contribution in [0.25, 0.3) is 0 Å². The largest absolute Gasteiger partial charge is 0.374 e. The van der Waals surface area contributed by atoms with Crippen molar-refractivity contribution in [3.63, 3.8) is 0 Å². The summed E-state index contributed by atoms with van der Waals surface area (Å²) in [7, 11) is 4.54. The van der Waals surface area contributed by atoms with Crippen molar-refractivity contribution < 1.29 is 23.2 Å². The molecule has 5 nitrogen and oxygen atoms in total. The van der Waals surface area contributed by atoms with Crippen LogP contribution in [0.15, 0.2) is 30.3 Å². The van der Waals surface area contributed by atoms with E-state index in [0.717, 1.165) is 30.3 Å². The molecule has 0 radical (unpaired) electrons. The van der Waals surface area contributed by atoms with E-state index in [1.807, 2.05) is 6.07 Å². The summed E-state index contributed by atoms with van der Waals surface area (Å²) in [5, 5.41) is 0. The fourth-order valence-electron chi connectivity index (χ4n) is 4.73. The molecule has 1 N–H and O–H groups in total. The fourth-order valence-corrected chi connectivity index (χ4v) is 5.32. The summed E-state index contributed by atoms with van der Waals surface area (Å²) < 4.78 is 18.1. The predicted octanol–water partition coefficient (Wildman–Crippen LogP) is 9.57. The summed E-state index contributed by atoms with van der Waals surface area (Å²) >= 11 is 0. The molecule has 39 heavy (non-hydrogen) atoms. The quantitative estimate of drug-likeness (QED) is 0.0621. The van der Waals surface area contributed by atoms with Gasteiger partial charge in [-0.2, -0.15) is 0 Å². The van der Waals surface area contributed by atoms with Crippen molar-refractivity contribution in [3.05, 3.63) is 35.9 Å².